The van der Waals surface area contributed by atoms with E-state index in [0.29, 0.717) is 42.2 Å². The summed E-state index contributed by atoms with van der Waals surface area (Å²) in [7, 11) is 0. The third-order valence-electron chi connectivity index (χ3n) is 4.77. The van der Waals surface area contributed by atoms with Gasteiger partial charge in [-0.2, -0.15) is 13.2 Å². The standard InChI is InChI=1S/C19H18F3N3O2/c20-19(21,22)14-3-1-2-12(6-14)13-7-17-16(24-9-13)8-18(26)25(17)11-15-10-23-4-5-27-15/h1-3,6-7,9,15,23H,4-5,8,10-11H2. The second kappa shape index (κ2) is 6.94. The number of alkyl halides is 3. The number of rotatable bonds is 3. The fourth-order valence-electron chi connectivity index (χ4n) is 3.40. The molecule has 142 valence electrons. The number of carbonyl (C=O) groups is 1. The maximum Gasteiger partial charge on any atom is 0.416 e. The zero-order valence-electron chi connectivity index (χ0n) is 14.4. The Morgan fingerprint density at radius 3 is 2.85 bits per heavy atom. The van der Waals surface area contributed by atoms with Crippen molar-refractivity contribution in [2.45, 2.75) is 18.7 Å². The Kier molecular flexibility index (Phi) is 4.61. The van der Waals surface area contributed by atoms with E-state index in [-0.39, 0.29) is 18.4 Å². The molecular formula is C19H18F3N3O2. The fourth-order valence-corrected chi connectivity index (χ4v) is 3.40. The van der Waals surface area contributed by atoms with Crippen LogP contribution in [0.3, 0.4) is 0 Å². The molecule has 0 spiro atoms. The molecule has 2 aliphatic heterocycles. The van der Waals surface area contributed by atoms with Crippen molar-refractivity contribution in [1.29, 1.82) is 0 Å². The Morgan fingerprint density at radius 2 is 2.11 bits per heavy atom. The zero-order chi connectivity index (χ0) is 19.0. The molecule has 0 aliphatic carbocycles. The third kappa shape index (κ3) is 3.68. The van der Waals surface area contributed by atoms with Crippen molar-refractivity contribution >= 4 is 11.6 Å². The molecule has 2 aromatic rings. The molecule has 1 saturated heterocycles. The van der Waals surface area contributed by atoms with Crippen LogP contribution in [0.25, 0.3) is 11.1 Å². The second-order valence-electron chi connectivity index (χ2n) is 6.65. The zero-order valence-corrected chi connectivity index (χ0v) is 14.4. The Morgan fingerprint density at radius 1 is 1.26 bits per heavy atom. The normalized spacial score (nSPS) is 20.0. The lowest BCUT2D eigenvalue weighted by Gasteiger charge is -2.28. The number of hydrogen-bond donors (Lipinski definition) is 1. The first kappa shape index (κ1) is 17.9. The minimum absolute atomic E-state index is 0.0761. The molecule has 1 atom stereocenters. The van der Waals surface area contributed by atoms with Gasteiger partial charge in [-0.15, -0.1) is 0 Å². The summed E-state index contributed by atoms with van der Waals surface area (Å²) >= 11 is 0. The van der Waals surface area contributed by atoms with E-state index < -0.39 is 11.7 Å². The lowest BCUT2D eigenvalue weighted by Crippen LogP contribution is -2.46. The summed E-state index contributed by atoms with van der Waals surface area (Å²) in [6, 6.07) is 6.84. The van der Waals surface area contributed by atoms with Gasteiger partial charge in [0.05, 0.1) is 42.6 Å². The number of carbonyl (C=O) groups excluding carboxylic acids is 1. The first-order valence-corrected chi connectivity index (χ1v) is 8.71. The van der Waals surface area contributed by atoms with E-state index >= 15 is 0 Å². The lowest BCUT2D eigenvalue weighted by atomic mass is 10.0. The van der Waals surface area contributed by atoms with Gasteiger partial charge in [0.2, 0.25) is 5.91 Å². The van der Waals surface area contributed by atoms with Crippen LogP contribution < -0.4 is 10.2 Å². The number of nitrogens with one attached hydrogen (secondary N) is 1. The number of fused-ring (bicyclic) bond motifs is 1. The lowest BCUT2D eigenvalue weighted by molar-refractivity contribution is -0.137. The number of benzene rings is 1. The predicted molar refractivity (Wildman–Crippen MR) is 93.3 cm³/mol. The van der Waals surface area contributed by atoms with Crippen molar-refractivity contribution in [3.63, 3.8) is 0 Å². The maximum atomic E-state index is 13.0. The first-order chi connectivity index (χ1) is 12.9. The van der Waals surface area contributed by atoms with Gasteiger partial charge in [-0.1, -0.05) is 12.1 Å². The fraction of sp³-hybridized carbons (Fsp3) is 0.368. The number of halogens is 3. The van der Waals surface area contributed by atoms with Crippen molar-refractivity contribution in [1.82, 2.24) is 10.3 Å². The van der Waals surface area contributed by atoms with Gasteiger partial charge in [0.1, 0.15) is 0 Å². The van der Waals surface area contributed by atoms with Crippen molar-refractivity contribution in [2.75, 3.05) is 31.1 Å². The highest BCUT2D eigenvalue weighted by Crippen LogP contribution is 2.35. The first-order valence-electron chi connectivity index (χ1n) is 8.71. The Balaban J connectivity index is 1.64. The highest BCUT2D eigenvalue weighted by atomic mass is 19.4. The monoisotopic (exact) mass is 377 g/mol. The van der Waals surface area contributed by atoms with Crippen LogP contribution in [0.2, 0.25) is 0 Å². The van der Waals surface area contributed by atoms with E-state index in [0.717, 1.165) is 18.7 Å². The summed E-state index contributed by atoms with van der Waals surface area (Å²) in [4.78, 5) is 18.3. The molecule has 8 heteroatoms. The predicted octanol–water partition coefficient (Wildman–Crippen LogP) is 2.64. The smallest absolute Gasteiger partial charge is 0.374 e. The van der Waals surface area contributed by atoms with Gasteiger partial charge in [0, 0.05) is 24.8 Å². The van der Waals surface area contributed by atoms with Gasteiger partial charge in [-0.3, -0.25) is 9.78 Å². The maximum absolute atomic E-state index is 13.0. The SMILES string of the molecule is O=C1Cc2ncc(-c3cccc(C(F)(F)F)c3)cc2N1CC1CNCCO1. The highest BCUT2D eigenvalue weighted by Gasteiger charge is 2.32. The number of aromatic nitrogens is 1. The van der Waals surface area contributed by atoms with E-state index in [4.69, 9.17) is 4.74 Å². The third-order valence-corrected chi connectivity index (χ3v) is 4.77. The summed E-state index contributed by atoms with van der Waals surface area (Å²) in [6.45, 7) is 2.41. The summed E-state index contributed by atoms with van der Waals surface area (Å²) in [5.74, 6) is -0.0761. The molecule has 3 heterocycles. The molecule has 27 heavy (non-hydrogen) atoms. The van der Waals surface area contributed by atoms with Crippen LogP contribution in [0, 0.1) is 0 Å². The van der Waals surface area contributed by atoms with Gasteiger partial charge >= 0.3 is 6.18 Å². The van der Waals surface area contributed by atoms with E-state index in [1.165, 1.54) is 12.3 Å². The minimum Gasteiger partial charge on any atom is -0.374 e. The molecule has 1 aromatic carbocycles. The van der Waals surface area contributed by atoms with Gasteiger partial charge in [-0.05, 0) is 23.8 Å². The van der Waals surface area contributed by atoms with Crippen LogP contribution in [-0.2, 0) is 22.1 Å². The number of pyridine rings is 1. The molecule has 1 aromatic heterocycles. The van der Waals surface area contributed by atoms with Crippen molar-refractivity contribution in [3.05, 3.63) is 47.8 Å². The second-order valence-corrected chi connectivity index (χ2v) is 6.65. The molecule has 1 N–H and O–H groups in total. The molecule has 1 unspecified atom stereocenters. The van der Waals surface area contributed by atoms with Crippen LogP contribution in [0.15, 0.2) is 36.5 Å². The van der Waals surface area contributed by atoms with Gasteiger partial charge < -0.3 is 15.0 Å². The van der Waals surface area contributed by atoms with Crippen LogP contribution in [0.4, 0.5) is 18.9 Å². The number of hydrogen-bond acceptors (Lipinski definition) is 4. The van der Waals surface area contributed by atoms with E-state index in [1.807, 2.05) is 0 Å². The van der Waals surface area contributed by atoms with Crippen molar-refractivity contribution in [3.8, 4) is 11.1 Å². The molecule has 4 rings (SSSR count). The highest BCUT2D eigenvalue weighted by molar-refractivity contribution is 6.01. The quantitative estimate of drug-likeness (QED) is 0.894. The summed E-state index contributed by atoms with van der Waals surface area (Å²) in [6.07, 6.45) is -2.82. The minimum atomic E-state index is -4.41. The Labute approximate surface area is 154 Å². The molecule has 0 radical (unpaired) electrons. The molecule has 1 amide bonds. The van der Waals surface area contributed by atoms with Crippen molar-refractivity contribution < 1.29 is 22.7 Å². The number of ether oxygens (including phenoxy) is 1. The Hall–Kier alpha value is -2.45. The molecule has 1 fully saturated rings. The number of anilines is 1. The van der Waals surface area contributed by atoms with E-state index in [1.54, 1.807) is 17.0 Å². The van der Waals surface area contributed by atoms with Crippen LogP contribution in [0.5, 0.6) is 0 Å². The largest absolute Gasteiger partial charge is 0.416 e. The average molecular weight is 377 g/mol. The summed E-state index contributed by atoms with van der Waals surface area (Å²) < 4.78 is 44.6. The van der Waals surface area contributed by atoms with Crippen LogP contribution in [0.1, 0.15) is 11.3 Å². The molecule has 5 nitrogen and oxygen atoms in total. The van der Waals surface area contributed by atoms with Gasteiger partial charge in [0.15, 0.2) is 0 Å². The van der Waals surface area contributed by atoms with E-state index in [2.05, 4.69) is 10.3 Å². The number of morpholine rings is 1. The molecule has 0 bridgehead atoms. The Bertz CT molecular complexity index is 864. The number of nitrogens with zero attached hydrogens (tertiary/aromatic N) is 2. The summed E-state index contributed by atoms with van der Waals surface area (Å²) in [5.41, 5.74) is 1.52. The van der Waals surface area contributed by atoms with Crippen LogP contribution >= 0.6 is 0 Å². The average Bonchev–Trinajstić information content (AvgIpc) is 2.97. The molecule has 2 aliphatic rings. The van der Waals surface area contributed by atoms with Crippen molar-refractivity contribution in [2.24, 2.45) is 0 Å². The summed E-state index contributed by atoms with van der Waals surface area (Å²) in [5, 5.41) is 3.22. The topological polar surface area (TPSA) is 54.5 Å². The van der Waals surface area contributed by atoms with Gasteiger partial charge in [0.25, 0.3) is 0 Å². The van der Waals surface area contributed by atoms with Crippen LogP contribution in [-0.4, -0.2) is 43.2 Å². The van der Waals surface area contributed by atoms with E-state index in [9.17, 15) is 18.0 Å². The molecular weight excluding hydrogens is 359 g/mol. The number of amides is 1. The molecule has 0 saturated carbocycles. The van der Waals surface area contributed by atoms with Gasteiger partial charge in [-0.25, -0.2) is 0 Å².